The standard InChI is InChI=1S/C25H29FO4/c1-23(2)19-14-21(24(3,28)15-20(19)23)30-22(27)25(4,26)16-10-12-18(13-11-16)29-17-8-6-5-7-9-17/h5-13,19-21,28H,14-15H2,1-4H3/t19-,20+,21-,24-,25-/m1/s1. The predicted octanol–water partition coefficient (Wildman–Crippen LogP) is 5.39. The second-order valence-electron chi connectivity index (χ2n) is 9.67. The highest BCUT2D eigenvalue weighted by Crippen LogP contribution is 2.66. The van der Waals surface area contributed by atoms with E-state index in [1.54, 1.807) is 19.1 Å². The first kappa shape index (κ1) is 20.9. The first-order chi connectivity index (χ1) is 14.0. The van der Waals surface area contributed by atoms with E-state index < -0.39 is 23.3 Å². The molecule has 0 heterocycles. The molecule has 2 aliphatic rings. The third-order valence-corrected chi connectivity index (χ3v) is 7.09. The molecule has 2 fully saturated rings. The average Bonchev–Trinajstić information content (AvgIpc) is 3.21. The molecule has 2 aromatic rings. The predicted molar refractivity (Wildman–Crippen MR) is 112 cm³/mol. The molecule has 5 heteroatoms. The van der Waals surface area contributed by atoms with Gasteiger partial charge in [0.25, 0.3) is 0 Å². The lowest BCUT2D eigenvalue weighted by Gasteiger charge is -2.37. The molecule has 4 rings (SSSR count). The molecular weight excluding hydrogens is 383 g/mol. The molecule has 2 aliphatic carbocycles. The molecule has 5 atom stereocenters. The van der Waals surface area contributed by atoms with Crippen molar-refractivity contribution in [2.24, 2.45) is 17.3 Å². The largest absolute Gasteiger partial charge is 0.457 e. The van der Waals surface area contributed by atoms with E-state index in [1.807, 2.05) is 30.3 Å². The number of rotatable bonds is 5. The Morgan fingerprint density at radius 3 is 2.27 bits per heavy atom. The van der Waals surface area contributed by atoms with Crippen LogP contribution in [0.4, 0.5) is 4.39 Å². The van der Waals surface area contributed by atoms with Crippen LogP contribution in [0.2, 0.25) is 0 Å². The molecule has 160 valence electrons. The second kappa shape index (κ2) is 7.09. The van der Waals surface area contributed by atoms with Crippen LogP contribution in [-0.2, 0) is 15.2 Å². The third-order valence-electron chi connectivity index (χ3n) is 7.09. The number of carbonyl (C=O) groups excluding carboxylic acids is 1. The fraction of sp³-hybridized carbons (Fsp3) is 0.480. The molecule has 0 spiro atoms. The Balaban J connectivity index is 1.44. The molecule has 0 radical (unpaired) electrons. The minimum atomic E-state index is -2.32. The zero-order valence-electron chi connectivity index (χ0n) is 17.9. The van der Waals surface area contributed by atoms with Crippen molar-refractivity contribution in [1.29, 1.82) is 0 Å². The molecule has 0 aromatic heterocycles. The maximum absolute atomic E-state index is 15.4. The summed E-state index contributed by atoms with van der Waals surface area (Å²) in [5, 5.41) is 10.8. The molecule has 1 N–H and O–H groups in total. The van der Waals surface area contributed by atoms with Gasteiger partial charge in [0.2, 0.25) is 5.67 Å². The van der Waals surface area contributed by atoms with E-state index in [4.69, 9.17) is 9.47 Å². The Labute approximate surface area is 177 Å². The number of esters is 1. The van der Waals surface area contributed by atoms with Crippen molar-refractivity contribution in [3.63, 3.8) is 0 Å². The lowest BCUT2D eigenvalue weighted by atomic mass is 9.83. The van der Waals surface area contributed by atoms with Gasteiger partial charge in [-0.15, -0.1) is 0 Å². The maximum atomic E-state index is 15.4. The Bertz CT molecular complexity index is 918. The number of alkyl halides is 1. The molecule has 4 nitrogen and oxygen atoms in total. The number of benzene rings is 2. The monoisotopic (exact) mass is 412 g/mol. The van der Waals surface area contributed by atoms with Gasteiger partial charge in [0.05, 0.1) is 5.60 Å². The van der Waals surface area contributed by atoms with E-state index in [0.717, 1.165) is 0 Å². The van der Waals surface area contributed by atoms with Gasteiger partial charge in [0.15, 0.2) is 0 Å². The summed E-state index contributed by atoms with van der Waals surface area (Å²) in [5.41, 5.74) is -3.14. The quantitative estimate of drug-likeness (QED) is 0.669. The van der Waals surface area contributed by atoms with Gasteiger partial charge in [-0.1, -0.05) is 44.2 Å². The van der Waals surface area contributed by atoms with Crippen LogP contribution in [0.25, 0.3) is 0 Å². The number of hydrogen-bond donors (Lipinski definition) is 1. The van der Waals surface area contributed by atoms with Gasteiger partial charge < -0.3 is 14.6 Å². The highest BCUT2D eigenvalue weighted by atomic mass is 19.1. The van der Waals surface area contributed by atoms with Gasteiger partial charge in [-0.05, 0) is 68.2 Å². The van der Waals surface area contributed by atoms with Crippen molar-refractivity contribution in [2.75, 3.05) is 0 Å². The molecule has 0 amide bonds. The lowest BCUT2D eigenvalue weighted by Crippen LogP contribution is -2.47. The number of halogens is 1. The van der Waals surface area contributed by atoms with E-state index in [9.17, 15) is 9.90 Å². The summed E-state index contributed by atoms with van der Waals surface area (Å²) >= 11 is 0. The van der Waals surface area contributed by atoms with Crippen LogP contribution in [-0.4, -0.2) is 22.8 Å². The topological polar surface area (TPSA) is 55.8 Å². The first-order valence-electron chi connectivity index (χ1n) is 10.5. The minimum absolute atomic E-state index is 0.138. The molecular formula is C25H29FO4. The Morgan fingerprint density at radius 2 is 1.63 bits per heavy atom. The SMILES string of the molecule is CC1(C)[C@@H]2C[C@@H](OC(=O)[C@](C)(F)c3ccc(Oc4ccccc4)cc3)[C@](C)(O)C[C@@H]21. The fourth-order valence-corrected chi connectivity index (χ4v) is 4.79. The van der Waals surface area contributed by atoms with Crippen LogP contribution in [0, 0.1) is 17.3 Å². The number of hydrogen-bond acceptors (Lipinski definition) is 4. The molecule has 30 heavy (non-hydrogen) atoms. The van der Waals surface area contributed by atoms with Gasteiger partial charge in [0, 0.05) is 5.56 Å². The second-order valence-corrected chi connectivity index (χ2v) is 9.67. The molecule has 0 saturated heterocycles. The molecule has 0 bridgehead atoms. The van der Waals surface area contributed by atoms with Crippen LogP contribution in [0.3, 0.4) is 0 Å². The Kier molecular flexibility index (Phi) is 4.93. The number of ether oxygens (including phenoxy) is 2. The zero-order valence-corrected chi connectivity index (χ0v) is 17.9. The van der Waals surface area contributed by atoms with Crippen LogP contribution in [0.5, 0.6) is 11.5 Å². The summed E-state index contributed by atoms with van der Waals surface area (Å²) in [6.45, 7) is 7.21. The van der Waals surface area contributed by atoms with Crippen molar-refractivity contribution in [3.05, 3.63) is 60.2 Å². The van der Waals surface area contributed by atoms with E-state index in [0.29, 0.717) is 36.2 Å². The van der Waals surface area contributed by atoms with E-state index in [-0.39, 0.29) is 11.0 Å². The van der Waals surface area contributed by atoms with Crippen LogP contribution < -0.4 is 4.74 Å². The Morgan fingerprint density at radius 1 is 1.03 bits per heavy atom. The number of fused-ring (bicyclic) bond motifs is 1. The average molecular weight is 413 g/mol. The molecule has 0 aliphatic heterocycles. The summed E-state index contributed by atoms with van der Waals surface area (Å²) in [4.78, 5) is 12.7. The van der Waals surface area contributed by atoms with Gasteiger partial charge in [0.1, 0.15) is 17.6 Å². The molecule has 2 aromatic carbocycles. The number of para-hydroxylation sites is 1. The van der Waals surface area contributed by atoms with Gasteiger partial charge in [-0.2, -0.15) is 0 Å². The maximum Gasteiger partial charge on any atom is 0.348 e. The van der Waals surface area contributed by atoms with Crippen molar-refractivity contribution < 1.29 is 23.8 Å². The highest BCUT2D eigenvalue weighted by Gasteiger charge is 2.65. The normalized spacial score (nSPS) is 31.2. The van der Waals surface area contributed by atoms with Crippen molar-refractivity contribution in [2.45, 2.75) is 57.9 Å². The van der Waals surface area contributed by atoms with Gasteiger partial charge in [-0.3, -0.25) is 0 Å². The summed E-state index contributed by atoms with van der Waals surface area (Å²) in [7, 11) is 0. The van der Waals surface area contributed by atoms with E-state index >= 15 is 4.39 Å². The lowest BCUT2D eigenvalue weighted by molar-refractivity contribution is -0.182. The van der Waals surface area contributed by atoms with Crippen LogP contribution in [0.1, 0.15) is 46.1 Å². The smallest absolute Gasteiger partial charge is 0.348 e. The molecule has 2 saturated carbocycles. The summed E-state index contributed by atoms with van der Waals surface area (Å²) in [5.74, 6) is 1.08. The minimum Gasteiger partial charge on any atom is -0.457 e. The number of carbonyl (C=O) groups is 1. The van der Waals surface area contributed by atoms with Crippen molar-refractivity contribution in [1.82, 2.24) is 0 Å². The van der Waals surface area contributed by atoms with Crippen molar-refractivity contribution >= 4 is 5.97 Å². The first-order valence-corrected chi connectivity index (χ1v) is 10.5. The summed E-state index contributed by atoms with van der Waals surface area (Å²) in [6, 6.07) is 15.6. The Hall–Kier alpha value is -2.40. The van der Waals surface area contributed by atoms with Gasteiger partial charge >= 0.3 is 5.97 Å². The van der Waals surface area contributed by atoms with Crippen LogP contribution >= 0.6 is 0 Å². The van der Waals surface area contributed by atoms with Crippen LogP contribution in [0.15, 0.2) is 54.6 Å². The third kappa shape index (κ3) is 3.71. The number of aliphatic hydroxyl groups is 1. The van der Waals surface area contributed by atoms with Crippen molar-refractivity contribution in [3.8, 4) is 11.5 Å². The van der Waals surface area contributed by atoms with Gasteiger partial charge in [-0.25, -0.2) is 9.18 Å². The summed E-state index contributed by atoms with van der Waals surface area (Å²) < 4.78 is 26.7. The highest BCUT2D eigenvalue weighted by molar-refractivity contribution is 5.81. The fourth-order valence-electron chi connectivity index (χ4n) is 4.79. The summed E-state index contributed by atoms with van der Waals surface area (Å²) in [6.07, 6.45) is 0.428. The van der Waals surface area contributed by atoms with E-state index in [1.165, 1.54) is 19.1 Å². The van der Waals surface area contributed by atoms with E-state index in [2.05, 4.69) is 13.8 Å². The zero-order chi connectivity index (χ0) is 21.7. The molecule has 0 unspecified atom stereocenters.